The quantitative estimate of drug-likeness (QED) is 0.705. The fourth-order valence-electron chi connectivity index (χ4n) is 2.11. The van der Waals surface area contributed by atoms with Crippen molar-refractivity contribution in [3.8, 4) is 28.5 Å². The summed E-state index contributed by atoms with van der Waals surface area (Å²) in [7, 11) is 1.65. The maximum atomic E-state index is 5.66. The molecule has 0 bridgehead atoms. The number of aromatic amines is 1. The zero-order valence-corrected chi connectivity index (χ0v) is 11.7. The third-order valence-electron chi connectivity index (χ3n) is 3.09. The lowest BCUT2D eigenvalue weighted by Gasteiger charge is -2.10. The first kappa shape index (κ1) is 13.5. The third-order valence-corrected chi connectivity index (χ3v) is 3.09. The Labute approximate surface area is 122 Å². The van der Waals surface area contributed by atoms with E-state index in [-0.39, 0.29) is 0 Å². The summed E-state index contributed by atoms with van der Waals surface area (Å²) in [4.78, 5) is 7.42. The molecule has 5 heteroatoms. The lowest BCUT2D eigenvalue weighted by molar-refractivity contribution is 0.146. The molecule has 0 amide bonds. The van der Waals surface area contributed by atoms with Crippen LogP contribution in [0.5, 0.6) is 5.75 Å². The molecule has 1 aromatic carbocycles. The minimum atomic E-state index is 0.508. The molecule has 2 aromatic heterocycles. The van der Waals surface area contributed by atoms with Crippen LogP contribution in [0.1, 0.15) is 0 Å². The second-order valence-electron chi connectivity index (χ2n) is 4.46. The Balaban J connectivity index is 1.97. The van der Waals surface area contributed by atoms with Crippen LogP contribution in [0.2, 0.25) is 0 Å². The number of hydrogen-bond acceptors (Lipinski definition) is 4. The molecular weight excluding hydrogens is 268 g/mol. The number of benzene rings is 1. The molecule has 0 spiro atoms. The van der Waals surface area contributed by atoms with Crippen molar-refractivity contribution in [2.45, 2.75) is 0 Å². The monoisotopic (exact) mass is 284 g/mol. The van der Waals surface area contributed by atoms with Crippen molar-refractivity contribution in [3.05, 3.63) is 49.0 Å². The highest BCUT2D eigenvalue weighted by Crippen LogP contribution is 2.33. The highest BCUT2D eigenvalue weighted by molar-refractivity contribution is 5.79. The zero-order valence-electron chi connectivity index (χ0n) is 11.7. The van der Waals surface area contributed by atoms with Crippen molar-refractivity contribution in [2.24, 2.45) is 0 Å². The van der Waals surface area contributed by atoms with E-state index in [2.05, 4.69) is 9.97 Å². The van der Waals surface area contributed by atoms with Crippen LogP contribution in [0.15, 0.2) is 53.4 Å². The van der Waals surface area contributed by atoms with Crippen LogP contribution < -0.4 is 4.74 Å². The summed E-state index contributed by atoms with van der Waals surface area (Å²) >= 11 is 0. The van der Waals surface area contributed by atoms with Gasteiger partial charge in [0.25, 0.3) is 0 Å². The van der Waals surface area contributed by atoms with E-state index in [1.807, 2.05) is 30.3 Å². The van der Waals surface area contributed by atoms with Crippen LogP contribution in [0.25, 0.3) is 22.7 Å². The van der Waals surface area contributed by atoms with Gasteiger partial charge in [0.05, 0.1) is 12.9 Å². The van der Waals surface area contributed by atoms with Crippen LogP contribution >= 0.6 is 0 Å². The number of imidazole rings is 1. The second-order valence-corrected chi connectivity index (χ2v) is 4.46. The van der Waals surface area contributed by atoms with Gasteiger partial charge in [-0.15, -0.1) is 0 Å². The number of nitrogens with zero attached hydrogens (tertiary/aromatic N) is 1. The van der Waals surface area contributed by atoms with Gasteiger partial charge in [0, 0.05) is 30.6 Å². The maximum Gasteiger partial charge on any atom is 0.138 e. The Morgan fingerprint density at radius 2 is 2.14 bits per heavy atom. The Bertz CT molecular complexity index is 676. The first-order valence-corrected chi connectivity index (χ1v) is 6.68. The van der Waals surface area contributed by atoms with E-state index < -0.39 is 0 Å². The van der Waals surface area contributed by atoms with Gasteiger partial charge in [-0.2, -0.15) is 0 Å². The van der Waals surface area contributed by atoms with Crippen molar-refractivity contribution in [3.63, 3.8) is 0 Å². The number of methoxy groups -OCH3 is 1. The zero-order chi connectivity index (χ0) is 14.5. The molecule has 108 valence electrons. The van der Waals surface area contributed by atoms with Crippen LogP contribution in [-0.2, 0) is 4.74 Å². The Kier molecular flexibility index (Phi) is 4.02. The molecule has 0 radical (unpaired) electrons. The SMILES string of the molecule is COCCOc1ccc(-c2ncc[nH]2)c(-c2ccco2)c1. The molecule has 0 aliphatic heterocycles. The number of rotatable bonds is 6. The van der Waals surface area contributed by atoms with Crippen LogP contribution in [0, 0.1) is 0 Å². The van der Waals surface area contributed by atoms with Crippen molar-refractivity contribution >= 4 is 0 Å². The first-order valence-electron chi connectivity index (χ1n) is 6.68. The average Bonchev–Trinajstić information content (AvgIpc) is 3.21. The summed E-state index contributed by atoms with van der Waals surface area (Å²) in [6.45, 7) is 1.06. The lowest BCUT2D eigenvalue weighted by atomic mass is 10.0. The molecule has 0 aliphatic carbocycles. The molecule has 1 N–H and O–H groups in total. The molecule has 0 atom stereocenters. The first-order chi connectivity index (χ1) is 10.4. The summed E-state index contributed by atoms with van der Waals surface area (Å²) in [5, 5.41) is 0. The molecule has 0 saturated heterocycles. The van der Waals surface area contributed by atoms with Crippen molar-refractivity contribution in [2.75, 3.05) is 20.3 Å². The summed E-state index contributed by atoms with van der Waals surface area (Å²) in [5.74, 6) is 2.34. The van der Waals surface area contributed by atoms with Crippen LogP contribution in [-0.4, -0.2) is 30.3 Å². The summed E-state index contributed by atoms with van der Waals surface area (Å²) < 4.78 is 16.2. The molecule has 3 rings (SSSR count). The van der Waals surface area contributed by atoms with Crippen molar-refractivity contribution in [1.29, 1.82) is 0 Å². The second kappa shape index (κ2) is 6.28. The minimum absolute atomic E-state index is 0.508. The van der Waals surface area contributed by atoms with Gasteiger partial charge in [-0.25, -0.2) is 4.98 Å². The minimum Gasteiger partial charge on any atom is -0.491 e. The highest BCUT2D eigenvalue weighted by Gasteiger charge is 2.13. The molecule has 5 nitrogen and oxygen atoms in total. The number of aromatic nitrogens is 2. The van der Waals surface area contributed by atoms with Gasteiger partial charge < -0.3 is 18.9 Å². The summed E-state index contributed by atoms with van der Waals surface area (Å²) in [5.41, 5.74) is 1.90. The fourth-order valence-corrected chi connectivity index (χ4v) is 2.11. The maximum absolute atomic E-state index is 5.66. The van der Waals surface area contributed by atoms with E-state index in [0.717, 1.165) is 28.5 Å². The van der Waals surface area contributed by atoms with Gasteiger partial charge in [-0.1, -0.05) is 0 Å². The Morgan fingerprint density at radius 1 is 1.19 bits per heavy atom. The predicted octanol–water partition coefficient (Wildman–Crippen LogP) is 3.36. The molecule has 2 heterocycles. The van der Waals surface area contributed by atoms with Gasteiger partial charge in [0.2, 0.25) is 0 Å². The lowest BCUT2D eigenvalue weighted by Crippen LogP contribution is -2.04. The van der Waals surface area contributed by atoms with Crippen LogP contribution in [0.3, 0.4) is 0 Å². The van der Waals surface area contributed by atoms with Gasteiger partial charge in [0.1, 0.15) is 23.9 Å². The van der Waals surface area contributed by atoms with Gasteiger partial charge >= 0.3 is 0 Å². The molecule has 0 aliphatic rings. The van der Waals surface area contributed by atoms with Gasteiger partial charge in [-0.3, -0.25) is 0 Å². The van der Waals surface area contributed by atoms with Crippen LogP contribution in [0.4, 0.5) is 0 Å². The van der Waals surface area contributed by atoms with E-state index in [1.165, 1.54) is 0 Å². The van der Waals surface area contributed by atoms with E-state index in [9.17, 15) is 0 Å². The number of H-pyrrole nitrogens is 1. The Morgan fingerprint density at radius 3 is 2.86 bits per heavy atom. The molecular formula is C16H16N2O3. The Hall–Kier alpha value is -2.53. The van der Waals surface area contributed by atoms with Crippen molar-refractivity contribution in [1.82, 2.24) is 9.97 Å². The average molecular weight is 284 g/mol. The normalized spacial score (nSPS) is 10.7. The third kappa shape index (κ3) is 2.98. The molecule has 0 saturated carbocycles. The topological polar surface area (TPSA) is 60.3 Å². The van der Waals surface area contributed by atoms with Gasteiger partial charge in [0.15, 0.2) is 0 Å². The van der Waals surface area contributed by atoms with E-state index in [0.29, 0.717) is 13.2 Å². The fraction of sp³-hybridized carbons (Fsp3) is 0.188. The standard InChI is InChI=1S/C16H16N2O3/c1-19-9-10-20-12-4-5-13(16-17-6-7-18-16)14(11-12)15-3-2-8-21-15/h2-8,11H,9-10H2,1H3,(H,17,18). The number of hydrogen-bond donors (Lipinski definition) is 1. The summed E-state index contributed by atoms with van der Waals surface area (Å²) in [6, 6.07) is 9.62. The molecule has 0 fully saturated rings. The van der Waals surface area contributed by atoms with Crippen molar-refractivity contribution < 1.29 is 13.9 Å². The highest BCUT2D eigenvalue weighted by atomic mass is 16.5. The number of nitrogens with one attached hydrogen (secondary N) is 1. The number of furan rings is 1. The van der Waals surface area contributed by atoms with E-state index >= 15 is 0 Å². The molecule has 0 unspecified atom stereocenters. The van der Waals surface area contributed by atoms with E-state index in [1.54, 1.807) is 25.8 Å². The predicted molar refractivity (Wildman–Crippen MR) is 79.1 cm³/mol. The molecule has 21 heavy (non-hydrogen) atoms. The molecule has 3 aromatic rings. The smallest absolute Gasteiger partial charge is 0.138 e. The largest absolute Gasteiger partial charge is 0.491 e. The van der Waals surface area contributed by atoms with Gasteiger partial charge in [-0.05, 0) is 30.3 Å². The van der Waals surface area contributed by atoms with E-state index in [4.69, 9.17) is 13.9 Å². The number of ether oxygens (including phenoxy) is 2. The summed E-state index contributed by atoms with van der Waals surface area (Å²) in [6.07, 6.45) is 5.17.